The van der Waals surface area contributed by atoms with Crippen molar-refractivity contribution in [3.63, 3.8) is 0 Å². The van der Waals surface area contributed by atoms with Crippen molar-refractivity contribution >= 4 is 31.6 Å². The lowest BCUT2D eigenvalue weighted by Crippen LogP contribution is -2.34. The van der Waals surface area contributed by atoms with Gasteiger partial charge in [-0.05, 0) is 31.8 Å². The molecule has 5 nitrogen and oxygen atoms in total. The van der Waals surface area contributed by atoms with Gasteiger partial charge in [0.1, 0.15) is 4.66 Å². The number of nitrogens with zero attached hydrogens (tertiary/aromatic N) is 2. The maximum Gasteiger partial charge on any atom is 0.221 e. The minimum Gasteiger partial charge on any atom is -0.378 e. The van der Waals surface area contributed by atoms with E-state index in [1.54, 1.807) is 0 Å². The first-order valence-corrected chi connectivity index (χ1v) is 9.01. The highest BCUT2D eigenvalue weighted by atomic mass is 79.9. The molecule has 0 bridgehead atoms. The second-order valence-corrected chi connectivity index (χ2v) is 8.15. The highest BCUT2D eigenvalue weighted by Gasteiger charge is 2.17. The zero-order valence-electron chi connectivity index (χ0n) is 12.3. The molecule has 20 heavy (non-hydrogen) atoms. The van der Waals surface area contributed by atoms with Gasteiger partial charge in [0, 0.05) is 32.4 Å². The van der Waals surface area contributed by atoms with Crippen molar-refractivity contribution in [3.05, 3.63) is 29.8 Å². The Labute approximate surface area is 130 Å². The van der Waals surface area contributed by atoms with Crippen molar-refractivity contribution < 1.29 is 8.42 Å². The molecule has 0 saturated heterocycles. The van der Waals surface area contributed by atoms with E-state index in [4.69, 9.17) is 0 Å². The summed E-state index contributed by atoms with van der Waals surface area (Å²) in [4.78, 5) is 4.03. The molecular weight excluding hydrogens is 342 g/mol. The molecule has 0 heterocycles. The third-order valence-electron chi connectivity index (χ3n) is 3.06. The zero-order chi connectivity index (χ0) is 15.3. The second kappa shape index (κ2) is 7.40. The van der Waals surface area contributed by atoms with E-state index >= 15 is 0 Å². The van der Waals surface area contributed by atoms with Crippen LogP contribution < -0.4 is 9.62 Å². The van der Waals surface area contributed by atoms with Crippen molar-refractivity contribution in [2.24, 2.45) is 0 Å². The number of sulfonamides is 1. The molecule has 0 aliphatic heterocycles. The number of anilines is 1. The van der Waals surface area contributed by atoms with Crippen molar-refractivity contribution in [3.8, 4) is 0 Å². The summed E-state index contributed by atoms with van der Waals surface area (Å²) in [5.41, 5.74) is 2.20. The third-order valence-corrected chi connectivity index (χ3v) is 5.76. The fourth-order valence-electron chi connectivity index (χ4n) is 1.84. The Hall–Kier alpha value is -0.630. The summed E-state index contributed by atoms with van der Waals surface area (Å²) in [5, 5.41) is 0. The lowest BCUT2D eigenvalue weighted by Gasteiger charge is -2.25. The monoisotopic (exact) mass is 363 g/mol. The first kappa shape index (κ1) is 17.4. The number of alkyl halides is 1. The van der Waals surface area contributed by atoms with E-state index in [9.17, 15) is 8.42 Å². The lowest BCUT2D eigenvalue weighted by molar-refractivity contribution is 0.299. The van der Waals surface area contributed by atoms with Crippen LogP contribution in [0.2, 0.25) is 0 Å². The minimum absolute atomic E-state index is 0.0000345. The quantitative estimate of drug-likeness (QED) is 0.748. The van der Waals surface area contributed by atoms with E-state index in [0.29, 0.717) is 6.54 Å². The molecule has 0 aliphatic carbocycles. The molecule has 1 rings (SSSR count). The van der Waals surface area contributed by atoms with Gasteiger partial charge in [-0.15, -0.1) is 0 Å². The number of likely N-dealkylation sites (N-methyl/N-ethyl adjacent to an activating group) is 1. The van der Waals surface area contributed by atoms with E-state index in [1.807, 2.05) is 62.3 Å². The molecule has 0 aliphatic rings. The maximum atomic E-state index is 11.5. The summed E-state index contributed by atoms with van der Waals surface area (Å²) < 4.78 is 25.6. The first-order valence-electron chi connectivity index (χ1n) is 6.24. The molecule has 0 amide bonds. The van der Waals surface area contributed by atoms with Crippen molar-refractivity contribution in [1.29, 1.82) is 0 Å². The SMILES string of the molecule is CN(C)c1ccc([C@@H](CNS(=O)(=O)CBr)N(C)C)cc1. The van der Waals surface area contributed by atoms with Gasteiger partial charge >= 0.3 is 0 Å². The molecule has 0 radical (unpaired) electrons. The van der Waals surface area contributed by atoms with Crippen LogP contribution >= 0.6 is 15.9 Å². The maximum absolute atomic E-state index is 11.5. The van der Waals surface area contributed by atoms with Gasteiger partial charge in [-0.2, -0.15) is 0 Å². The standard InChI is InChI=1S/C13H22BrN3O2S/c1-16(2)12-7-5-11(6-8-12)13(17(3)4)9-15-20(18,19)10-14/h5-8,13,15H,9-10H2,1-4H3/t13-/m1/s1. The lowest BCUT2D eigenvalue weighted by atomic mass is 10.1. The summed E-state index contributed by atoms with van der Waals surface area (Å²) in [7, 11) is 4.61. The van der Waals surface area contributed by atoms with Crippen LogP contribution in [0, 0.1) is 0 Å². The van der Waals surface area contributed by atoms with Crippen LogP contribution in [-0.2, 0) is 10.0 Å². The number of nitrogens with one attached hydrogen (secondary N) is 1. The van der Waals surface area contributed by atoms with E-state index in [2.05, 4.69) is 20.7 Å². The molecule has 0 spiro atoms. The van der Waals surface area contributed by atoms with E-state index in [1.165, 1.54) is 0 Å². The molecule has 114 valence electrons. The molecule has 0 unspecified atom stereocenters. The molecule has 0 fully saturated rings. The normalized spacial score (nSPS) is 13.5. The van der Waals surface area contributed by atoms with Gasteiger partial charge in [0.2, 0.25) is 10.0 Å². The first-order chi connectivity index (χ1) is 9.26. The Bertz CT molecular complexity index is 515. The molecule has 1 aromatic rings. The van der Waals surface area contributed by atoms with Crippen LogP contribution in [0.1, 0.15) is 11.6 Å². The number of halogens is 1. The Morgan fingerprint density at radius 2 is 1.70 bits per heavy atom. The number of hydrogen-bond acceptors (Lipinski definition) is 4. The van der Waals surface area contributed by atoms with Gasteiger partial charge in [-0.3, -0.25) is 0 Å². The number of hydrogen-bond donors (Lipinski definition) is 1. The fraction of sp³-hybridized carbons (Fsp3) is 0.538. The predicted molar refractivity (Wildman–Crippen MR) is 87.9 cm³/mol. The van der Waals surface area contributed by atoms with Gasteiger partial charge in [0.15, 0.2) is 0 Å². The Balaban J connectivity index is 2.86. The molecule has 1 aromatic carbocycles. The summed E-state index contributed by atoms with van der Waals surface area (Å²) in [6, 6.07) is 8.13. The smallest absolute Gasteiger partial charge is 0.221 e. The van der Waals surface area contributed by atoms with Crippen LogP contribution in [0.25, 0.3) is 0 Å². The predicted octanol–water partition coefficient (Wildman–Crippen LogP) is 1.63. The number of rotatable bonds is 7. The highest BCUT2D eigenvalue weighted by Crippen LogP contribution is 2.21. The van der Waals surface area contributed by atoms with E-state index in [0.717, 1.165) is 11.3 Å². The molecule has 0 saturated carbocycles. The van der Waals surface area contributed by atoms with Gasteiger partial charge in [-0.25, -0.2) is 13.1 Å². The van der Waals surface area contributed by atoms with Gasteiger partial charge in [0.05, 0.1) is 0 Å². The average molecular weight is 364 g/mol. The molecule has 1 N–H and O–H groups in total. The second-order valence-electron chi connectivity index (χ2n) is 5.04. The highest BCUT2D eigenvalue weighted by molar-refractivity contribution is 9.10. The van der Waals surface area contributed by atoms with Crippen LogP contribution in [0.15, 0.2) is 24.3 Å². The van der Waals surface area contributed by atoms with Crippen LogP contribution in [0.3, 0.4) is 0 Å². The largest absolute Gasteiger partial charge is 0.378 e. The number of benzene rings is 1. The minimum atomic E-state index is -3.25. The van der Waals surface area contributed by atoms with Crippen LogP contribution in [0.5, 0.6) is 0 Å². The summed E-state index contributed by atoms with van der Waals surface area (Å²) in [6.07, 6.45) is 0. The summed E-state index contributed by atoms with van der Waals surface area (Å²) in [5.74, 6) is 0. The average Bonchev–Trinajstić information content (AvgIpc) is 2.39. The molecule has 0 aromatic heterocycles. The molecular formula is C13H22BrN3O2S. The Kier molecular flexibility index (Phi) is 6.44. The van der Waals surface area contributed by atoms with Gasteiger partial charge in [-0.1, -0.05) is 28.1 Å². The molecule has 1 atom stereocenters. The van der Waals surface area contributed by atoms with Crippen LogP contribution in [0.4, 0.5) is 5.69 Å². The summed E-state index contributed by atoms with van der Waals surface area (Å²) in [6.45, 7) is 0.349. The van der Waals surface area contributed by atoms with E-state index in [-0.39, 0.29) is 10.7 Å². The summed E-state index contributed by atoms with van der Waals surface area (Å²) >= 11 is 2.97. The third kappa shape index (κ3) is 5.05. The van der Waals surface area contributed by atoms with Crippen molar-refractivity contribution in [2.45, 2.75) is 6.04 Å². The fourth-order valence-corrected chi connectivity index (χ4v) is 2.81. The van der Waals surface area contributed by atoms with Gasteiger partial charge < -0.3 is 9.80 Å². The zero-order valence-corrected chi connectivity index (χ0v) is 14.7. The van der Waals surface area contributed by atoms with E-state index < -0.39 is 10.0 Å². The van der Waals surface area contributed by atoms with Gasteiger partial charge in [0.25, 0.3) is 0 Å². The Morgan fingerprint density at radius 3 is 2.10 bits per heavy atom. The van der Waals surface area contributed by atoms with Crippen molar-refractivity contribution in [2.75, 3.05) is 44.3 Å². The Morgan fingerprint density at radius 1 is 1.15 bits per heavy atom. The topological polar surface area (TPSA) is 52.7 Å². The van der Waals surface area contributed by atoms with Crippen molar-refractivity contribution in [1.82, 2.24) is 9.62 Å². The van der Waals surface area contributed by atoms with Crippen LogP contribution in [-0.4, -0.2) is 52.7 Å². The molecule has 7 heteroatoms.